The third-order valence-corrected chi connectivity index (χ3v) is 20.0. The minimum absolute atomic E-state index is 0.00394. The van der Waals surface area contributed by atoms with E-state index in [4.69, 9.17) is 4.42 Å². The van der Waals surface area contributed by atoms with Gasteiger partial charge in [0, 0.05) is 56.3 Å². The highest BCUT2D eigenvalue weighted by molar-refractivity contribution is 7.00. The Morgan fingerprint density at radius 3 is 1.26 bits per heavy atom. The minimum atomic E-state index is -0.0442. The van der Waals surface area contributed by atoms with Crippen LogP contribution in [0, 0.1) is 0 Å². The lowest BCUT2D eigenvalue weighted by Gasteiger charge is -2.49. The van der Waals surface area contributed by atoms with Crippen molar-refractivity contribution in [2.45, 2.75) is 154 Å². The second-order valence-corrected chi connectivity index (χ2v) is 27.7. The summed E-state index contributed by atoms with van der Waals surface area (Å²) in [6, 6.07) is 60.9. The Bertz CT molecular complexity index is 3870. The summed E-state index contributed by atoms with van der Waals surface area (Å²) in [4.78, 5) is 7.86. The molecular formula is C72H74BN3O. The van der Waals surface area contributed by atoms with Gasteiger partial charge < -0.3 is 19.1 Å². The van der Waals surface area contributed by atoms with Crippen molar-refractivity contribution in [1.82, 2.24) is 0 Å². The maximum Gasteiger partial charge on any atom is 0.252 e. The molecule has 386 valence electrons. The van der Waals surface area contributed by atoms with Crippen LogP contribution in [0.25, 0.3) is 21.9 Å². The number of anilines is 9. The summed E-state index contributed by atoms with van der Waals surface area (Å²) in [6.45, 7) is 29.8. The molecule has 0 N–H and O–H groups in total. The predicted molar refractivity (Wildman–Crippen MR) is 328 cm³/mol. The number of furan rings is 1. The van der Waals surface area contributed by atoms with Crippen molar-refractivity contribution in [2.75, 3.05) is 14.7 Å². The third kappa shape index (κ3) is 7.23. The van der Waals surface area contributed by atoms with E-state index in [1.54, 1.807) is 0 Å². The fraction of sp³-hybridized carbons (Fsp3) is 0.333. The largest absolute Gasteiger partial charge is 0.456 e. The fourth-order valence-electron chi connectivity index (χ4n) is 15.0. The molecule has 0 radical (unpaired) electrons. The van der Waals surface area contributed by atoms with Gasteiger partial charge in [0.05, 0.1) is 5.69 Å². The molecule has 0 spiro atoms. The molecule has 0 unspecified atom stereocenters. The average Bonchev–Trinajstić information content (AvgIpc) is 3.82. The van der Waals surface area contributed by atoms with Crippen LogP contribution in [0.1, 0.15) is 155 Å². The van der Waals surface area contributed by atoms with E-state index in [9.17, 15) is 0 Å². The first-order valence-corrected chi connectivity index (χ1v) is 28.7. The third-order valence-electron chi connectivity index (χ3n) is 20.0. The van der Waals surface area contributed by atoms with Crippen LogP contribution in [0.15, 0.2) is 162 Å². The molecule has 0 atom stereocenters. The fourth-order valence-corrected chi connectivity index (χ4v) is 15.0. The highest BCUT2D eigenvalue weighted by Gasteiger charge is 2.49. The molecule has 9 aromatic rings. The lowest BCUT2D eigenvalue weighted by Crippen LogP contribution is -2.62. The molecule has 14 rings (SSSR count). The van der Waals surface area contributed by atoms with Gasteiger partial charge in [-0.1, -0.05) is 156 Å². The van der Waals surface area contributed by atoms with Crippen LogP contribution < -0.4 is 31.1 Å². The number of benzene rings is 8. The maximum absolute atomic E-state index is 6.58. The van der Waals surface area contributed by atoms with Crippen LogP contribution in [-0.2, 0) is 32.5 Å². The molecule has 2 aliphatic heterocycles. The Morgan fingerprint density at radius 2 is 0.753 bits per heavy atom. The summed E-state index contributed by atoms with van der Waals surface area (Å²) in [5.74, 6) is 0. The molecule has 0 saturated carbocycles. The van der Waals surface area contributed by atoms with Crippen molar-refractivity contribution in [1.29, 1.82) is 0 Å². The molecule has 3 heterocycles. The number of hydrogen-bond acceptors (Lipinski definition) is 4. The number of fused-ring (bicyclic) bond motifs is 10. The molecule has 0 bridgehead atoms. The van der Waals surface area contributed by atoms with Gasteiger partial charge in [-0.3, -0.25) is 0 Å². The summed E-state index contributed by atoms with van der Waals surface area (Å²) in [5, 5.41) is 2.27. The van der Waals surface area contributed by atoms with Gasteiger partial charge in [-0.2, -0.15) is 0 Å². The average molecular weight is 1010 g/mol. The molecule has 0 saturated heterocycles. The van der Waals surface area contributed by atoms with E-state index in [0.29, 0.717) is 0 Å². The van der Waals surface area contributed by atoms with Crippen molar-refractivity contribution in [3.63, 3.8) is 0 Å². The first-order valence-electron chi connectivity index (χ1n) is 28.7. The Labute approximate surface area is 458 Å². The second kappa shape index (κ2) is 16.3. The SMILES string of the molecule is CC1(C)CCC(C)(C)c2cc(N3c4cc5c(cc4B4c6cc7c(cc6N(c6ccc8oc9ccccc9c8c6)c6cc(N(c8ccccc8)c8ccccc8)cc3c64)C(C)(C)CCC7(C)C)C(C)(C)CCC5(C)C)ccc21. The van der Waals surface area contributed by atoms with Gasteiger partial charge in [0.1, 0.15) is 11.2 Å². The summed E-state index contributed by atoms with van der Waals surface area (Å²) in [7, 11) is 0. The lowest BCUT2D eigenvalue weighted by atomic mass is 9.32. The molecule has 5 aliphatic rings. The first kappa shape index (κ1) is 48.4. The van der Waals surface area contributed by atoms with Gasteiger partial charge in [-0.25, -0.2) is 0 Å². The monoisotopic (exact) mass is 1010 g/mol. The highest BCUT2D eigenvalue weighted by Crippen LogP contribution is 2.56. The van der Waals surface area contributed by atoms with Crippen LogP contribution in [0.2, 0.25) is 0 Å². The molecule has 77 heavy (non-hydrogen) atoms. The zero-order chi connectivity index (χ0) is 53.3. The number of para-hydroxylation sites is 3. The van der Waals surface area contributed by atoms with Gasteiger partial charge in [-0.15, -0.1) is 0 Å². The number of rotatable bonds is 5. The summed E-state index contributed by atoms with van der Waals surface area (Å²) < 4.78 is 6.58. The van der Waals surface area contributed by atoms with E-state index in [2.05, 4.69) is 256 Å². The zero-order valence-corrected chi connectivity index (χ0v) is 47.6. The summed E-state index contributed by atoms with van der Waals surface area (Å²) in [5.41, 5.74) is 25.7. The normalized spacial score (nSPS) is 19.4. The number of hydrogen-bond donors (Lipinski definition) is 0. The van der Waals surface area contributed by atoms with Gasteiger partial charge >= 0.3 is 0 Å². The Hall–Kier alpha value is -6.98. The minimum Gasteiger partial charge on any atom is -0.456 e. The molecule has 4 nitrogen and oxygen atoms in total. The molecule has 0 fully saturated rings. The van der Waals surface area contributed by atoms with Crippen LogP contribution in [0.5, 0.6) is 0 Å². The topological polar surface area (TPSA) is 22.9 Å². The van der Waals surface area contributed by atoms with Crippen molar-refractivity contribution in [3.05, 3.63) is 191 Å². The summed E-state index contributed by atoms with van der Waals surface area (Å²) >= 11 is 0. The predicted octanol–water partition coefficient (Wildman–Crippen LogP) is 18.2. The van der Waals surface area contributed by atoms with E-state index in [1.165, 1.54) is 84.6 Å². The standard InChI is InChI=1S/C72H74BN3O/c1-67(2)31-32-68(3,4)53-38-48(27-29-52(53)67)76-61-44-57-55(70(7,8)34-36-72(57,11)12)42-59(61)73-58-41-54-56(71(9,10)35-33-69(54,5)6)43-60(58)75(47-28-30-65-51(37-47)50-25-19-20-26-64(50)77-65)62-39-49(40-63(76)66(62)73)74(45-21-15-13-16-22-45)46-23-17-14-18-24-46/h13-30,37-44H,31-36H2,1-12H3. The van der Waals surface area contributed by atoms with Crippen molar-refractivity contribution >= 4 is 96.2 Å². The van der Waals surface area contributed by atoms with Crippen LogP contribution in [0.3, 0.4) is 0 Å². The van der Waals surface area contributed by atoms with E-state index < -0.39 is 0 Å². The number of nitrogens with zero attached hydrogens (tertiary/aromatic N) is 3. The Balaban J connectivity index is 1.16. The smallest absolute Gasteiger partial charge is 0.252 e. The van der Waals surface area contributed by atoms with Crippen LogP contribution in [-0.4, -0.2) is 6.71 Å². The first-order chi connectivity index (χ1) is 36.6. The van der Waals surface area contributed by atoms with E-state index >= 15 is 0 Å². The zero-order valence-electron chi connectivity index (χ0n) is 47.6. The lowest BCUT2D eigenvalue weighted by molar-refractivity contribution is 0.332. The molecule has 0 amide bonds. The maximum atomic E-state index is 6.58. The van der Waals surface area contributed by atoms with Crippen molar-refractivity contribution < 1.29 is 4.42 Å². The van der Waals surface area contributed by atoms with Crippen LogP contribution >= 0.6 is 0 Å². The quantitative estimate of drug-likeness (QED) is 0.160. The Morgan fingerprint density at radius 1 is 0.351 bits per heavy atom. The molecule has 3 aliphatic carbocycles. The van der Waals surface area contributed by atoms with Crippen LogP contribution in [0.4, 0.5) is 51.2 Å². The van der Waals surface area contributed by atoms with Crippen molar-refractivity contribution in [2.24, 2.45) is 0 Å². The molecular weight excluding hydrogens is 934 g/mol. The highest BCUT2D eigenvalue weighted by atomic mass is 16.3. The van der Waals surface area contributed by atoms with E-state index in [-0.39, 0.29) is 39.2 Å². The Kier molecular flexibility index (Phi) is 10.2. The second-order valence-electron chi connectivity index (χ2n) is 27.7. The van der Waals surface area contributed by atoms with Crippen molar-refractivity contribution in [3.8, 4) is 0 Å². The van der Waals surface area contributed by atoms with Gasteiger partial charge in [-0.05, 0) is 206 Å². The molecule has 5 heteroatoms. The van der Waals surface area contributed by atoms with Gasteiger partial charge in [0.2, 0.25) is 0 Å². The van der Waals surface area contributed by atoms with Gasteiger partial charge in [0.15, 0.2) is 0 Å². The van der Waals surface area contributed by atoms with E-state index in [1.807, 2.05) is 0 Å². The summed E-state index contributed by atoms with van der Waals surface area (Å²) in [6.07, 6.45) is 6.92. The molecule has 8 aromatic carbocycles. The molecule has 1 aromatic heterocycles. The van der Waals surface area contributed by atoms with E-state index in [0.717, 1.165) is 76.8 Å². The van der Waals surface area contributed by atoms with Gasteiger partial charge in [0.25, 0.3) is 6.71 Å².